The Labute approximate surface area is 211 Å². The molecule has 4 unspecified atom stereocenters. The lowest BCUT2D eigenvalue weighted by Gasteiger charge is -2.20. The van der Waals surface area contributed by atoms with E-state index in [-0.39, 0.29) is 24.3 Å². The first-order valence-corrected chi connectivity index (χ1v) is 12.5. The van der Waals surface area contributed by atoms with Crippen molar-refractivity contribution in [3.05, 3.63) is 66.9 Å². The molecule has 0 radical (unpaired) electrons. The third-order valence-electron chi connectivity index (χ3n) is 6.30. The average Bonchev–Trinajstić information content (AvgIpc) is 3.47. The van der Waals surface area contributed by atoms with Gasteiger partial charge in [0.05, 0.1) is 31.0 Å². The largest absolute Gasteiger partial charge is 0.371 e. The smallest absolute Gasteiger partial charge is 0.223 e. The average molecular weight is 490 g/mol. The van der Waals surface area contributed by atoms with Crippen molar-refractivity contribution in [2.75, 3.05) is 25.1 Å². The lowest BCUT2D eigenvalue weighted by atomic mass is 10.0. The van der Waals surface area contributed by atoms with E-state index in [1.54, 1.807) is 6.20 Å². The maximum Gasteiger partial charge on any atom is 0.223 e. The second kappa shape index (κ2) is 10.7. The number of fused-ring (bicyclic) bond motifs is 1. The topological polar surface area (TPSA) is 80.3 Å². The molecule has 2 aliphatic heterocycles. The zero-order valence-corrected chi connectivity index (χ0v) is 20.8. The molecule has 182 valence electrons. The summed E-state index contributed by atoms with van der Waals surface area (Å²) < 4.78 is 12.2. The first kappa shape index (κ1) is 23.7. The van der Waals surface area contributed by atoms with Crippen molar-refractivity contribution in [1.82, 2.24) is 20.6 Å². The summed E-state index contributed by atoms with van der Waals surface area (Å²) in [4.78, 5) is 9.19. The van der Waals surface area contributed by atoms with Gasteiger partial charge in [-0.2, -0.15) is 0 Å². The SMILES string of the molecule is CC(C)CNC(=S)NC1COC2C(Nc3nccc(-c4ccc(-c5ccccc5)cc4)n3)COC12. The van der Waals surface area contributed by atoms with Gasteiger partial charge in [0.1, 0.15) is 12.2 Å². The van der Waals surface area contributed by atoms with Gasteiger partial charge in [0, 0.05) is 18.3 Å². The highest BCUT2D eigenvalue weighted by molar-refractivity contribution is 7.80. The van der Waals surface area contributed by atoms with Gasteiger partial charge in [-0.1, -0.05) is 68.4 Å². The summed E-state index contributed by atoms with van der Waals surface area (Å²) in [7, 11) is 0. The summed E-state index contributed by atoms with van der Waals surface area (Å²) in [6.45, 7) is 6.21. The molecule has 0 amide bonds. The molecule has 3 N–H and O–H groups in total. The van der Waals surface area contributed by atoms with Crippen LogP contribution in [0.3, 0.4) is 0 Å². The molecule has 2 aliphatic rings. The predicted octanol–water partition coefficient (Wildman–Crippen LogP) is 3.88. The van der Waals surface area contributed by atoms with Crippen molar-refractivity contribution in [3.8, 4) is 22.4 Å². The molecule has 4 atom stereocenters. The second-order valence-corrected chi connectivity index (χ2v) is 9.82. The van der Waals surface area contributed by atoms with E-state index in [1.807, 2.05) is 24.3 Å². The van der Waals surface area contributed by atoms with Crippen molar-refractivity contribution < 1.29 is 9.47 Å². The Morgan fingerprint density at radius 3 is 2.31 bits per heavy atom. The zero-order valence-electron chi connectivity index (χ0n) is 20.0. The van der Waals surface area contributed by atoms with Gasteiger partial charge in [-0.25, -0.2) is 9.97 Å². The first-order chi connectivity index (χ1) is 17.1. The second-order valence-electron chi connectivity index (χ2n) is 9.41. The Kier molecular flexibility index (Phi) is 7.22. The highest BCUT2D eigenvalue weighted by Crippen LogP contribution is 2.29. The normalized spacial score (nSPS) is 23.2. The molecule has 8 heteroatoms. The van der Waals surface area contributed by atoms with Crippen LogP contribution in [0.2, 0.25) is 0 Å². The molecule has 35 heavy (non-hydrogen) atoms. The monoisotopic (exact) mass is 489 g/mol. The zero-order chi connectivity index (χ0) is 24.2. The molecule has 3 aromatic rings. The highest BCUT2D eigenvalue weighted by atomic mass is 32.1. The van der Waals surface area contributed by atoms with Gasteiger partial charge in [-0.15, -0.1) is 0 Å². The van der Waals surface area contributed by atoms with Crippen molar-refractivity contribution in [2.45, 2.75) is 38.1 Å². The molecule has 0 bridgehead atoms. The van der Waals surface area contributed by atoms with Crippen molar-refractivity contribution >= 4 is 23.3 Å². The van der Waals surface area contributed by atoms with Crippen LogP contribution in [0.4, 0.5) is 5.95 Å². The number of ether oxygens (including phenoxy) is 2. The number of hydrogen-bond donors (Lipinski definition) is 3. The Hall–Kier alpha value is -3.07. The molecular formula is C27H31N5O2S. The molecule has 2 saturated heterocycles. The van der Waals surface area contributed by atoms with Crippen LogP contribution < -0.4 is 16.0 Å². The standard InChI is InChI=1S/C27H31N5O2S/c1-17(2)14-29-27(35)32-23-16-34-24-22(15-33-25(23)24)31-26-28-13-12-21(30-26)20-10-8-19(9-11-20)18-6-4-3-5-7-18/h3-13,17,22-25H,14-16H2,1-2H3,(H,28,30,31)(H2,29,32,35). The number of nitrogens with one attached hydrogen (secondary N) is 3. The van der Waals surface area contributed by atoms with E-state index >= 15 is 0 Å². The van der Waals surface area contributed by atoms with Gasteiger partial charge in [-0.3, -0.25) is 0 Å². The van der Waals surface area contributed by atoms with Crippen LogP contribution in [0.25, 0.3) is 22.4 Å². The highest BCUT2D eigenvalue weighted by Gasteiger charge is 2.48. The van der Waals surface area contributed by atoms with E-state index < -0.39 is 0 Å². The Bertz CT molecular complexity index is 1140. The number of nitrogens with zero attached hydrogens (tertiary/aromatic N) is 2. The Balaban J connectivity index is 1.21. The summed E-state index contributed by atoms with van der Waals surface area (Å²) in [5, 5.41) is 10.7. The van der Waals surface area contributed by atoms with Crippen LogP contribution >= 0.6 is 12.2 Å². The minimum Gasteiger partial charge on any atom is -0.371 e. The van der Waals surface area contributed by atoms with Crippen molar-refractivity contribution in [2.24, 2.45) is 5.92 Å². The van der Waals surface area contributed by atoms with Gasteiger partial charge in [-0.05, 0) is 35.3 Å². The maximum absolute atomic E-state index is 6.08. The fourth-order valence-electron chi connectivity index (χ4n) is 4.48. The number of anilines is 1. The van der Waals surface area contributed by atoms with Gasteiger partial charge >= 0.3 is 0 Å². The number of aromatic nitrogens is 2. The number of benzene rings is 2. The molecule has 7 nitrogen and oxygen atoms in total. The fourth-order valence-corrected chi connectivity index (χ4v) is 4.72. The van der Waals surface area contributed by atoms with E-state index in [1.165, 1.54) is 11.1 Å². The van der Waals surface area contributed by atoms with Crippen LogP contribution in [-0.2, 0) is 9.47 Å². The number of thiocarbonyl (C=S) groups is 1. The molecule has 5 rings (SSSR count). The third-order valence-corrected chi connectivity index (χ3v) is 6.56. The van der Waals surface area contributed by atoms with Gasteiger partial charge in [0.15, 0.2) is 5.11 Å². The molecule has 2 aromatic carbocycles. The summed E-state index contributed by atoms with van der Waals surface area (Å²) in [5.41, 5.74) is 4.28. The van der Waals surface area contributed by atoms with Crippen LogP contribution in [0, 0.1) is 5.92 Å². The lowest BCUT2D eigenvalue weighted by molar-refractivity contribution is 0.0688. The van der Waals surface area contributed by atoms with Gasteiger partial charge < -0.3 is 25.4 Å². The molecule has 3 heterocycles. The van der Waals surface area contributed by atoms with Crippen LogP contribution in [0.5, 0.6) is 0 Å². The van der Waals surface area contributed by atoms with Gasteiger partial charge in [0.2, 0.25) is 5.95 Å². The third kappa shape index (κ3) is 5.61. The van der Waals surface area contributed by atoms with Crippen molar-refractivity contribution in [3.63, 3.8) is 0 Å². The Morgan fingerprint density at radius 1 is 0.914 bits per heavy atom. The predicted molar refractivity (Wildman–Crippen MR) is 142 cm³/mol. The minimum atomic E-state index is -0.0854. The summed E-state index contributed by atoms with van der Waals surface area (Å²) in [5.74, 6) is 1.09. The van der Waals surface area contributed by atoms with Crippen LogP contribution in [0.15, 0.2) is 66.9 Å². The number of hydrogen-bond acceptors (Lipinski definition) is 6. The molecular weight excluding hydrogens is 458 g/mol. The van der Waals surface area contributed by atoms with Crippen LogP contribution in [0.1, 0.15) is 13.8 Å². The van der Waals surface area contributed by atoms with Crippen molar-refractivity contribution in [1.29, 1.82) is 0 Å². The molecule has 1 aromatic heterocycles. The van der Waals surface area contributed by atoms with E-state index in [9.17, 15) is 0 Å². The van der Waals surface area contributed by atoms with E-state index in [2.05, 4.69) is 71.2 Å². The van der Waals surface area contributed by atoms with Gasteiger partial charge in [0.25, 0.3) is 0 Å². The van der Waals surface area contributed by atoms with E-state index in [0.717, 1.165) is 17.8 Å². The summed E-state index contributed by atoms with van der Waals surface area (Å²) in [6.07, 6.45) is 1.62. The minimum absolute atomic E-state index is 0.0225. The fraction of sp³-hybridized carbons (Fsp3) is 0.370. The van der Waals surface area contributed by atoms with E-state index in [4.69, 9.17) is 26.7 Å². The van der Waals surface area contributed by atoms with Crippen LogP contribution in [-0.4, -0.2) is 59.1 Å². The summed E-state index contributed by atoms with van der Waals surface area (Å²) >= 11 is 5.43. The molecule has 2 fully saturated rings. The molecule has 0 aliphatic carbocycles. The Morgan fingerprint density at radius 2 is 1.57 bits per heavy atom. The quantitative estimate of drug-likeness (QED) is 0.432. The lowest BCUT2D eigenvalue weighted by Crippen LogP contribution is -2.49. The first-order valence-electron chi connectivity index (χ1n) is 12.1. The molecule has 0 saturated carbocycles. The maximum atomic E-state index is 6.08. The summed E-state index contributed by atoms with van der Waals surface area (Å²) in [6, 6.07) is 20.7. The molecule has 0 spiro atoms. The van der Waals surface area contributed by atoms with E-state index in [0.29, 0.717) is 30.2 Å². The number of rotatable bonds is 7.